The van der Waals surface area contributed by atoms with Gasteiger partial charge in [-0.05, 0) is 12.3 Å². The van der Waals surface area contributed by atoms with Crippen LogP contribution >= 0.6 is 0 Å². The second-order valence-electron chi connectivity index (χ2n) is 2.93. The standard InChI is InChI=1S/C8H16F2O2/c1-7(2)3-4-11-5-6-12-8(9)10/h7-8H,3-6H2,1-2H3. The predicted octanol–water partition coefficient (Wildman–Crippen LogP) is 2.29. The highest BCUT2D eigenvalue weighted by Gasteiger charge is 2.00. The van der Waals surface area contributed by atoms with E-state index in [-0.39, 0.29) is 13.2 Å². The second kappa shape index (κ2) is 7.43. The van der Waals surface area contributed by atoms with Gasteiger partial charge in [0.1, 0.15) is 0 Å². The summed E-state index contributed by atoms with van der Waals surface area (Å²) < 4.78 is 31.8. The molecule has 0 atom stereocenters. The van der Waals surface area contributed by atoms with Crippen molar-refractivity contribution in [3.63, 3.8) is 0 Å². The zero-order chi connectivity index (χ0) is 9.40. The minimum atomic E-state index is -2.68. The summed E-state index contributed by atoms with van der Waals surface area (Å²) in [4.78, 5) is 0. The molecule has 0 aromatic carbocycles. The molecule has 0 aliphatic heterocycles. The monoisotopic (exact) mass is 182 g/mol. The molecular weight excluding hydrogens is 166 g/mol. The van der Waals surface area contributed by atoms with Gasteiger partial charge in [0.2, 0.25) is 0 Å². The maximum Gasteiger partial charge on any atom is 0.345 e. The Hall–Kier alpha value is -0.220. The van der Waals surface area contributed by atoms with Crippen molar-refractivity contribution in [1.29, 1.82) is 0 Å². The van der Waals surface area contributed by atoms with Crippen molar-refractivity contribution in [1.82, 2.24) is 0 Å². The molecule has 0 radical (unpaired) electrons. The van der Waals surface area contributed by atoms with Crippen molar-refractivity contribution in [2.45, 2.75) is 26.9 Å². The van der Waals surface area contributed by atoms with Gasteiger partial charge < -0.3 is 9.47 Å². The number of ether oxygens (including phenoxy) is 2. The zero-order valence-corrected chi connectivity index (χ0v) is 7.56. The molecule has 0 saturated heterocycles. The highest BCUT2D eigenvalue weighted by atomic mass is 19.3. The third-order valence-electron chi connectivity index (χ3n) is 1.31. The molecule has 0 fully saturated rings. The summed E-state index contributed by atoms with van der Waals surface area (Å²) >= 11 is 0. The SMILES string of the molecule is CC(C)CCOCCOC(F)F. The Morgan fingerprint density at radius 3 is 2.25 bits per heavy atom. The molecule has 0 rings (SSSR count). The van der Waals surface area contributed by atoms with Crippen molar-refractivity contribution >= 4 is 0 Å². The third kappa shape index (κ3) is 9.78. The summed E-state index contributed by atoms with van der Waals surface area (Å²) in [5, 5.41) is 0. The number of hydrogen-bond acceptors (Lipinski definition) is 2. The predicted molar refractivity (Wildman–Crippen MR) is 42.2 cm³/mol. The van der Waals surface area contributed by atoms with Crippen molar-refractivity contribution in [2.24, 2.45) is 5.92 Å². The molecule has 12 heavy (non-hydrogen) atoms. The Labute approximate surface area is 71.9 Å². The highest BCUT2D eigenvalue weighted by Crippen LogP contribution is 1.99. The molecule has 0 saturated carbocycles. The molecule has 0 amide bonds. The fraction of sp³-hybridized carbons (Fsp3) is 1.00. The van der Waals surface area contributed by atoms with E-state index in [9.17, 15) is 8.78 Å². The molecule has 0 N–H and O–H groups in total. The van der Waals surface area contributed by atoms with Crippen LogP contribution in [0.15, 0.2) is 0 Å². The van der Waals surface area contributed by atoms with Crippen LogP contribution in [0.3, 0.4) is 0 Å². The molecule has 0 aromatic heterocycles. The van der Waals surface area contributed by atoms with Gasteiger partial charge in [0.15, 0.2) is 0 Å². The summed E-state index contributed by atoms with van der Waals surface area (Å²) in [6.45, 7) is 2.31. The average molecular weight is 182 g/mol. The van der Waals surface area contributed by atoms with Gasteiger partial charge in [0.05, 0.1) is 13.2 Å². The van der Waals surface area contributed by atoms with Gasteiger partial charge in [0.25, 0.3) is 0 Å². The van der Waals surface area contributed by atoms with Crippen LogP contribution in [0.4, 0.5) is 8.78 Å². The first-order valence-corrected chi connectivity index (χ1v) is 4.10. The van der Waals surface area contributed by atoms with E-state index in [1.54, 1.807) is 0 Å². The molecule has 0 heterocycles. The molecular formula is C8H16F2O2. The van der Waals surface area contributed by atoms with E-state index in [2.05, 4.69) is 18.6 Å². The molecule has 0 aliphatic rings. The van der Waals surface area contributed by atoms with Crippen molar-refractivity contribution in [3.05, 3.63) is 0 Å². The van der Waals surface area contributed by atoms with E-state index in [0.29, 0.717) is 12.5 Å². The minimum Gasteiger partial charge on any atom is -0.379 e. The summed E-state index contributed by atoms with van der Waals surface area (Å²) in [6, 6.07) is 0. The molecule has 4 heteroatoms. The first-order chi connectivity index (χ1) is 5.63. The van der Waals surface area contributed by atoms with Crippen LogP contribution in [-0.2, 0) is 9.47 Å². The van der Waals surface area contributed by atoms with Crippen LogP contribution in [0.25, 0.3) is 0 Å². The average Bonchev–Trinajstić information content (AvgIpc) is 1.95. The van der Waals surface area contributed by atoms with Crippen molar-refractivity contribution < 1.29 is 18.3 Å². The summed E-state index contributed by atoms with van der Waals surface area (Å²) in [5.41, 5.74) is 0. The minimum absolute atomic E-state index is 0.0320. The fourth-order valence-electron chi connectivity index (χ4n) is 0.617. The van der Waals surface area contributed by atoms with Crippen LogP contribution in [0.1, 0.15) is 20.3 Å². The van der Waals surface area contributed by atoms with Gasteiger partial charge in [-0.2, -0.15) is 8.78 Å². The topological polar surface area (TPSA) is 18.5 Å². The molecule has 0 spiro atoms. The Balaban J connectivity index is 2.91. The van der Waals surface area contributed by atoms with Crippen LogP contribution in [0.2, 0.25) is 0 Å². The van der Waals surface area contributed by atoms with Gasteiger partial charge in [-0.25, -0.2) is 0 Å². The molecule has 0 aromatic rings. The lowest BCUT2D eigenvalue weighted by Gasteiger charge is -2.06. The number of alkyl halides is 2. The Kier molecular flexibility index (Phi) is 7.29. The van der Waals surface area contributed by atoms with E-state index in [0.717, 1.165) is 6.42 Å². The maximum atomic E-state index is 11.4. The van der Waals surface area contributed by atoms with E-state index in [1.165, 1.54) is 0 Å². The van der Waals surface area contributed by atoms with Crippen LogP contribution in [0.5, 0.6) is 0 Å². The maximum absolute atomic E-state index is 11.4. The smallest absolute Gasteiger partial charge is 0.345 e. The van der Waals surface area contributed by atoms with Gasteiger partial charge in [0, 0.05) is 6.61 Å². The quantitative estimate of drug-likeness (QED) is 0.562. The third-order valence-corrected chi connectivity index (χ3v) is 1.31. The zero-order valence-electron chi connectivity index (χ0n) is 7.56. The number of halogens is 2. The van der Waals surface area contributed by atoms with Crippen LogP contribution < -0.4 is 0 Å². The first kappa shape index (κ1) is 11.8. The van der Waals surface area contributed by atoms with Crippen molar-refractivity contribution in [3.8, 4) is 0 Å². The molecule has 0 aliphatic carbocycles. The largest absolute Gasteiger partial charge is 0.379 e. The summed E-state index contributed by atoms with van der Waals surface area (Å²) in [6.07, 6.45) is 0.953. The first-order valence-electron chi connectivity index (χ1n) is 4.10. The molecule has 74 valence electrons. The van der Waals surface area contributed by atoms with E-state index in [4.69, 9.17) is 4.74 Å². The van der Waals surface area contributed by atoms with Crippen molar-refractivity contribution in [2.75, 3.05) is 19.8 Å². The lowest BCUT2D eigenvalue weighted by Crippen LogP contribution is -2.09. The fourth-order valence-corrected chi connectivity index (χ4v) is 0.617. The van der Waals surface area contributed by atoms with Gasteiger partial charge in [-0.15, -0.1) is 0 Å². The van der Waals surface area contributed by atoms with E-state index in [1.807, 2.05) is 0 Å². The second-order valence-corrected chi connectivity index (χ2v) is 2.93. The number of rotatable bonds is 7. The Morgan fingerprint density at radius 1 is 1.08 bits per heavy atom. The Morgan fingerprint density at radius 2 is 1.75 bits per heavy atom. The number of hydrogen-bond donors (Lipinski definition) is 0. The van der Waals surface area contributed by atoms with Crippen LogP contribution in [-0.4, -0.2) is 26.4 Å². The lowest BCUT2D eigenvalue weighted by atomic mass is 10.1. The molecule has 2 nitrogen and oxygen atoms in total. The highest BCUT2D eigenvalue weighted by molar-refractivity contribution is 4.42. The Bertz CT molecular complexity index is 85.1. The van der Waals surface area contributed by atoms with Gasteiger partial charge >= 0.3 is 6.61 Å². The summed E-state index contributed by atoms with van der Waals surface area (Å²) in [7, 11) is 0. The van der Waals surface area contributed by atoms with E-state index >= 15 is 0 Å². The van der Waals surface area contributed by atoms with Gasteiger partial charge in [-0.1, -0.05) is 13.8 Å². The van der Waals surface area contributed by atoms with Gasteiger partial charge in [-0.3, -0.25) is 0 Å². The molecule has 0 bridgehead atoms. The lowest BCUT2D eigenvalue weighted by molar-refractivity contribution is -0.139. The van der Waals surface area contributed by atoms with Crippen LogP contribution in [0, 0.1) is 5.92 Å². The summed E-state index contributed by atoms with van der Waals surface area (Å²) in [5.74, 6) is 0.584. The molecule has 0 unspecified atom stereocenters. The normalized spacial score (nSPS) is 11.5. The van der Waals surface area contributed by atoms with E-state index < -0.39 is 6.61 Å².